The van der Waals surface area contributed by atoms with Crippen molar-refractivity contribution < 1.29 is 0 Å². The van der Waals surface area contributed by atoms with Gasteiger partial charge in [0.15, 0.2) is 0 Å². The number of hydrogen-bond acceptors (Lipinski definition) is 4. The third-order valence-corrected chi connectivity index (χ3v) is 4.18. The van der Waals surface area contributed by atoms with E-state index in [4.69, 9.17) is 0 Å². The molecular formula is C16H12BrN5O. The quantitative estimate of drug-likeness (QED) is 0.484. The van der Waals surface area contributed by atoms with Gasteiger partial charge in [-0.2, -0.15) is 5.10 Å². The molecule has 0 aliphatic rings. The van der Waals surface area contributed by atoms with E-state index in [1.54, 1.807) is 18.5 Å². The maximum atomic E-state index is 12.2. The highest BCUT2D eigenvalue weighted by Crippen LogP contribution is 2.29. The van der Waals surface area contributed by atoms with Crippen LogP contribution in [0.3, 0.4) is 0 Å². The van der Waals surface area contributed by atoms with Gasteiger partial charge in [-0.3, -0.25) is 9.89 Å². The number of pyridine rings is 2. The summed E-state index contributed by atoms with van der Waals surface area (Å²) in [5.74, 6) is 0.736. The number of rotatable bonds is 3. The maximum absolute atomic E-state index is 12.2. The topological polar surface area (TPSA) is 86.5 Å². The number of hydrogen-bond donors (Lipinski definition) is 3. The predicted molar refractivity (Wildman–Crippen MR) is 93.5 cm³/mol. The average molecular weight is 370 g/mol. The minimum atomic E-state index is -0.141. The Balaban J connectivity index is 1.94. The zero-order valence-electron chi connectivity index (χ0n) is 11.9. The summed E-state index contributed by atoms with van der Waals surface area (Å²) < 4.78 is 0.917. The summed E-state index contributed by atoms with van der Waals surface area (Å²) in [6.07, 6.45) is 3.32. The van der Waals surface area contributed by atoms with Gasteiger partial charge in [-0.25, -0.2) is 4.98 Å². The predicted octanol–water partition coefficient (Wildman–Crippen LogP) is 3.17. The molecule has 0 unspecified atom stereocenters. The van der Waals surface area contributed by atoms with Crippen LogP contribution in [0.4, 0.5) is 5.82 Å². The smallest absolute Gasteiger partial charge is 0.258 e. The number of benzene rings is 1. The molecule has 6 nitrogen and oxygen atoms in total. The molecule has 0 saturated heterocycles. The number of aromatic nitrogens is 4. The van der Waals surface area contributed by atoms with Gasteiger partial charge in [-0.1, -0.05) is 15.9 Å². The molecule has 1 aromatic carbocycles. The third kappa shape index (κ3) is 2.49. The molecule has 0 bridgehead atoms. The molecule has 0 saturated carbocycles. The molecule has 23 heavy (non-hydrogen) atoms. The van der Waals surface area contributed by atoms with Crippen LogP contribution in [0.15, 0.2) is 52.0 Å². The number of H-pyrrole nitrogens is 2. The lowest BCUT2D eigenvalue weighted by molar-refractivity contribution is 0.978. The van der Waals surface area contributed by atoms with Crippen LogP contribution in [0.5, 0.6) is 0 Å². The first-order valence-corrected chi connectivity index (χ1v) is 7.84. The van der Waals surface area contributed by atoms with Crippen molar-refractivity contribution in [1.29, 1.82) is 0 Å². The summed E-state index contributed by atoms with van der Waals surface area (Å²) in [4.78, 5) is 19.5. The Morgan fingerprint density at radius 1 is 1.17 bits per heavy atom. The lowest BCUT2D eigenvalue weighted by Crippen LogP contribution is -2.08. The van der Waals surface area contributed by atoms with Crippen molar-refractivity contribution in [3.8, 4) is 0 Å². The highest BCUT2D eigenvalue weighted by Gasteiger charge is 2.11. The van der Waals surface area contributed by atoms with E-state index in [0.717, 1.165) is 26.8 Å². The van der Waals surface area contributed by atoms with Crippen molar-refractivity contribution in [2.24, 2.45) is 0 Å². The van der Waals surface area contributed by atoms with E-state index in [0.29, 0.717) is 17.4 Å². The van der Waals surface area contributed by atoms with E-state index in [1.165, 1.54) is 0 Å². The summed E-state index contributed by atoms with van der Waals surface area (Å²) >= 11 is 3.47. The number of nitrogens with zero attached hydrogens (tertiary/aromatic N) is 2. The van der Waals surface area contributed by atoms with Crippen molar-refractivity contribution in [2.45, 2.75) is 6.54 Å². The molecule has 3 N–H and O–H groups in total. The fraction of sp³-hybridized carbons (Fsp3) is 0.0625. The van der Waals surface area contributed by atoms with Gasteiger partial charge >= 0.3 is 0 Å². The Kier molecular flexibility index (Phi) is 3.34. The Bertz CT molecular complexity index is 1060. The van der Waals surface area contributed by atoms with Crippen LogP contribution in [0.2, 0.25) is 0 Å². The average Bonchev–Trinajstić information content (AvgIpc) is 3.05. The van der Waals surface area contributed by atoms with Crippen LogP contribution >= 0.6 is 15.9 Å². The molecule has 0 atom stereocenters. The normalized spacial score (nSPS) is 11.2. The van der Waals surface area contributed by atoms with E-state index < -0.39 is 0 Å². The van der Waals surface area contributed by atoms with Crippen LogP contribution in [0, 0.1) is 0 Å². The first-order chi connectivity index (χ1) is 11.2. The van der Waals surface area contributed by atoms with Gasteiger partial charge in [-0.05, 0) is 30.3 Å². The van der Waals surface area contributed by atoms with Gasteiger partial charge in [0.05, 0.1) is 23.1 Å². The number of nitrogens with one attached hydrogen (secondary N) is 3. The zero-order chi connectivity index (χ0) is 15.8. The summed E-state index contributed by atoms with van der Waals surface area (Å²) in [6.45, 7) is 0.576. The van der Waals surface area contributed by atoms with Crippen molar-refractivity contribution in [3.05, 3.63) is 63.2 Å². The minimum Gasteiger partial charge on any atom is -0.364 e. The first-order valence-electron chi connectivity index (χ1n) is 7.05. The Morgan fingerprint density at radius 3 is 2.91 bits per heavy atom. The minimum absolute atomic E-state index is 0.141. The fourth-order valence-corrected chi connectivity index (χ4v) is 2.99. The second-order valence-electron chi connectivity index (χ2n) is 5.15. The molecule has 0 aliphatic carbocycles. The van der Waals surface area contributed by atoms with Crippen LogP contribution in [0.1, 0.15) is 5.69 Å². The largest absolute Gasteiger partial charge is 0.364 e. The highest BCUT2D eigenvalue weighted by molar-refractivity contribution is 9.10. The zero-order valence-corrected chi connectivity index (χ0v) is 13.5. The first kappa shape index (κ1) is 14.0. The Morgan fingerprint density at radius 2 is 2.09 bits per heavy atom. The van der Waals surface area contributed by atoms with Crippen molar-refractivity contribution in [1.82, 2.24) is 20.2 Å². The number of halogens is 1. The molecule has 114 valence electrons. The molecule has 0 radical (unpaired) electrons. The third-order valence-electron chi connectivity index (χ3n) is 3.68. The molecule has 0 spiro atoms. The van der Waals surface area contributed by atoms with Gasteiger partial charge in [0, 0.05) is 27.6 Å². The van der Waals surface area contributed by atoms with E-state index >= 15 is 0 Å². The highest BCUT2D eigenvalue weighted by atomic mass is 79.9. The monoisotopic (exact) mass is 369 g/mol. The van der Waals surface area contributed by atoms with Crippen molar-refractivity contribution >= 4 is 43.4 Å². The Labute approximate surface area is 139 Å². The van der Waals surface area contributed by atoms with Gasteiger partial charge in [0.1, 0.15) is 5.82 Å². The van der Waals surface area contributed by atoms with Crippen LogP contribution in [-0.4, -0.2) is 20.2 Å². The standard InChI is InChI=1S/C16H12BrN5O/c17-9-1-2-11-12(7-9)14-13(4-5-18-16(14)23)21-15(11)19-8-10-3-6-20-22-10/h1-7H,8H2,(H,18,23)(H,19,21)(H,20,22). The summed E-state index contributed by atoms with van der Waals surface area (Å²) in [6, 6.07) is 9.54. The molecular weight excluding hydrogens is 358 g/mol. The van der Waals surface area contributed by atoms with E-state index in [2.05, 4.69) is 41.4 Å². The van der Waals surface area contributed by atoms with Crippen LogP contribution in [0.25, 0.3) is 21.7 Å². The summed E-state index contributed by atoms with van der Waals surface area (Å²) in [5, 5.41) is 12.5. The lowest BCUT2D eigenvalue weighted by Gasteiger charge is -2.11. The van der Waals surface area contributed by atoms with E-state index in [9.17, 15) is 4.79 Å². The molecule has 0 fully saturated rings. The molecule has 0 aliphatic heterocycles. The molecule has 0 amide bonds. The number of aromatic amines is 2. The molecule has 4 aromatic rings. The second kappa shape index (κ2) is 5.51. The Hall–Kier alpha value is -2.67. The summed E-state index contributed by atoms with van der Waals surface area (Å²) in [7, 11) is 0. The van der Waals surface area contributed by atoms with Gasteiger partial charge in [0.2, 0.25) is 0 Å². The molecule has 4 rings (SSSR count). The summed E-state index contributed by atoms with van der Waals surface area (Å²) in [5.41, 5.74) is 1.48. The van der Waals surface area contributed by atoms with Crippen LogP contribution in [-0.2, 0) is 6.54 Å². The van der Waals surface area contributed by atoms with E-state index in [-0.39, 0.29) is 5.56 Å². The number of anilines is 1. The molecule has 3 heterocycles. The number of fused-ring (bicyclic) bond motifs is 3. The van der Waals surface area contributed by atoms with Gasteiger partial charge in [-0.15, -0.1) is 0 Å². The SMILES string of the molecule is O=c1[nH]ccc2nc(NCc3ccn[nH]3)c3ccc(Br)cc3c12. The lowest BCUT2D eigenvalue weighted by atomic mass is 10.1. The molecule has 7 heteroatoms. The van der Waals surface area contributed by atoms with Gasteiger partial charge in [0.25, 0.3) is 5.56 Å². The van der Waals surface area contributed by atoms with Crippen LogP contribution < -0.4 is 10.9 Å². The van der Waals surface area contributed by atoms with Gasteiger partial charge < -0.3 is 10.3 Å². The maximum Gasteiger partial charge on any atom is 0.258 e. The second-order valence-corrected chi connectivity index (χ2v) is 6.07. The van der Waals surface area contributed by atoms with E-state index in [1.807, 2.05) is 24.3 Å². The molecule has 3 aromatic heterocycles. The fourth-order valence-electron chi connectivity index (χ4n) is 2.63. The van der Waals surface area contributed by atoms with Crippen molar-refractivity contribution in [2.75, 3.05) is 5.32 Å². The van der Waals surface area contributed by atoms with Crippen molar-refractivity contribution in [3.63, 3.8) is 0 Å².